The van der Waals surface area contributed by atoms with Gasteiger partial charge in [-0.15, -0.1) is 0 Å². The third-order valence-corrected chi connectivity index (χ3v) is 5.88. The molecule has 9 nitrogen and oxygen atoms in total. The van der Waals surface area contributed by atoms with Gasteiger partial charge in [-0.1, -0.05) is 12.1 Å². The van der Waals surface area contributed by atoms with Gasteiger partial charge >= 0.3 is 11.9 Å². The first-order chi connectivity index (χ1) is 13.3. The summed E-state index contributed by atoms with van der Waals surface area (Å²) in [6.07, 6.45) is 5.28. The molecule has 0 unspecified atom stereocenters. The molecule has 3 N–H and O–H groups in total. The van der Waals surface area contributed by atoms with Crippen LogP contribution in [0.1, 0.15) is 6.42 Å². The number of nitrogens with zero attached hydrogens (tertiary/aromatic N) is 2. The molecule has 3 rings (SSSR count). The molecule has 2 heterocycles. The van der Waals surface area contributed by atoms with Crippen LogP contribution in [0.5, 0.6) is 0 Å². The molecule has 1 aromatic heterocycles. The Balaban J connectivity index is 0.000000300. The molecule has 0 spiro atoms. The second kappa shape index (κ2) is 9.93. The molecule has 10 heteroatoms. The maximum Gasteiger partial charge on any atom is 0.328 e. The minimum atomic E-state index is -3.45. The highest BCUT2D eigenvalue weighted by atomic mass is 32.2. The molecule has 0 aliphatic carbocycles. The fourth-order valence-corrected chi connectivity index (χ4v) is 4.35. The fourth-order valence-electron chi connectivity index (χ4n) is 2.66. The van der Waals surface area contributed by atoms with Crippen molar-refractivity contribution in [2.45, 2.75) is 11.3 Å². The molecule has 28 heavy (non-hydrogen) atoms. The van der Waals surface area contributed by atoms with Crippen LogP contribution < -0.4 is 5.32 Å². The number of nitrogens with one attached hydrogen (secondary N) is 1. The molecule has 1 aromatic carbocycles. The fraction of sp³-hybridized carbons (Fsp3) is 0.278. The number of aromatic nitrogens is 1. The van der Waals surface area contributed by atoms with E-state index >= 15 is 0 Å². The molecular formula is C18H21N3O6S. The third-order valence-electron chi connectivity index (χ3n) is 3.93. The summed E-state index contributed by atoms with van der Waals surface area (Å²) in [5, 5.41) is 20.4. The second-order valence-electron chi connectivity index (χ2n) is 5.87. The number of carboxylic acids is 2. The van der Waals surface area contributed by atoms with E-state index in [1.54, 1.807) is 34.9 Å². The molecule has 1 saturated heterocycles. The van der Waals surface area contributed by atoms with Crippen molar-refractivity contribution in [2.75, 3.05) is 26.2 Å². The van der Waals surface area contributed by atoms with Crippen LogP contribution in [0.15, 0.2) is 53.7 Å². The van der Waals surface area contributed by atoms with Crippen LogP contribution in [-0.2, 0) is 19.6 Å². The van der Waals surface area contributed by atoms with Gasteiger partial charge in [-0.05, 0) is 25.1 Å². The van der Waals surface area contributed by atoms with E-state index in [4.69, 9.17) is 10.2 Å². The van der Waals surface area contributed by atoms with E-state index in [0.717, 1.165) is 23.7 Å². The lowest BCUT2D eigenvalue weighted by molar-refractivity contribution is -0.134. The molecule has 0 amide bonds. The average Bonchev–Trinajstić information content (AvgIpc) is 2.96. The minimum Gasteiger partial charge on any atom is -0.478 e. The largest absolute Gasteiger partial charge is 0.478 e. The Morgan fingerprint density at radius 1 is 1.07 bits per heavy atom. The topological polar surface area (TPSA) is 137 Å². The van der Waals surface area contributed by atoms with Crippen molar-refractivity contribution >= 4 is 32.7 Å². The minimum absolute atomic E-state index is 0.374. The summed E-state index contributed by atoms with van der Waals surface area (Å²) in [5.74, 6) is -2.51. The number of sulfonamides is 1. The molecule has 1 aliphatic rings. The lowest BCUT2D eigenvalue weighted by Crippen LogP contribution is -2.34. The van der Waals surface area contributed by atoms with Crippen LogP contribution in [0.25, 0.3) is 10.8 Å². The van der Waals surface area contributed by atoms with Crippen LogP contribution in [-0.4, -0.2) is 66.0 Å². The van der Waals surface area contributed by atoms with E-state index in [1.807, 2.05) is 6.07 Å². The van der Waals surface area contributed by atoms with E-state index < -0.39 is 22.0 Å². The van der Waals surface area contributed by atoms with Gasteiger partial charge in [0.05, 0.1) is 4.90 Å². The Hall–Kier alpha value is -2.82. The van der Waals surface area contributed by atoms with Crippen LogP contribution in [0.4, 0.5) is 0 Å². The monoisotopic (exact) mass is 407 g/mol. The Kier molecular flexibility index (Phi) is 7.61. The zero-order chi connectivity index (χ0) is 20.6. The molecule has 0 saturated carbocycles. The maximum absolute atomic E-state index is 12.8. The van der Waals surface area contributed by atoms with E-state index in [2.05, 4.69) is 10.3 Å². The van der Waals surface area contributed by atoms with Crippen molar-refractivity contribution < 1.29 is 28.2 Å². The lowest BCUT2D eigenvalue weighted by Gasteiger charge is -2.20. The Morgan fingerprint density at radius 3 is 2.46 bits per heavy atom. The quantitative estimate of drug-likeness (QED) is 0.637. The van der Waals surface area contributed by atoms with Crippen molar-refractivity contribution in [3.05, 3.63) is 48.8 Å². The highest BCUT2D eigenvalue weighted by Gasteiger charge is 2.26. The van der Waals surface area contributed by atoms with Gasteiger partial charge < -0.3 is 15.5 Å². The molecule has 150 valence electrons. The molecule has 0 bridgehead atoms. The first-order valence-corrected chi connectivity index (χ1v) is 9.94. The van der Waals surface area contributed by atoms with Gasteiger partial charge in [0.15, 0.2) is 0 Å². The highest BCUT2D eigenvalue weighted by molar-refractivity contribution is 7.89. The van der Waals surface area contributed by atoms with Gasteiger partial charge in [0.1, 0.15) is 0 Å². The van der Waals surface area contributed by atoms with Crippen molar-refractivity contribution in [1.29, 1.82) is 0 Å². The number of carboxylic acid groups (broad SMARTS) is 2. The zero-order valence-corrected chi connectivity index (χ0v) is 15.8. The first kappa shape index (κ1) is 21.5. The SMILES string of the molecule is O=C(O)/C=C/C(=O)O.O=S(=O)(c1cccc2cnccc12)N1CCCNCC1. The van der Waals surface area contributed by atoms with Crippen LogP contribution in [0.3, 0.4) is 0 Å². The van der Waals surface area contributed by atoms with Crippen molar-refractivity contribution in [3.63, 3.8) is 0 Å². The predicted molar refractivity (Wildman–Crippen MR) is 102 cm³/mol. The number of hydrogen-bond acceptors (Lipinski definition) is 6. The van der Waals surface area contributed by atoms with Crippen molar-refractivity contribution in [3.8, 4) is 0 Å². The normalized spacial score (nSPS) is 15.6. The number of hydrogen-bond donors (Lipinski definition) is 3. The summed E-state index contributed by atoms with van der Waals surface area (Å²) in [5.41, 5.74) is 0. The van der Waals surface area contributed by atoms with E-state index in [9.17, 15) is 18.0 Å². The molecule has 2 aromatic rings. The molecule has 0 radical (unpaired) electrons. The summed E-state index contributed by atoms with van der Waals surface area (Å²) in [6, 6.07) is 7.09. The molecule has 0 atom stereocenters. The summed E-state index contributed by atoms with van der Waals surface area (Å²) in [6.45, 7) is 2.65. The van der Waals surface area contributed by atoms with Crippen LogP contribution in [0.2, 0.25) is 0 Å². The standard InChI is InChI=1S/C14H17N3O2S.C4H4O4/c18-20(19,17-9-2-6-15-8-10-17)14-4-1-3-12-11-16-7-5-13(12)14;5-3(6)1-2-4(7)8/h1,3-5,7,11,15H,2,6,8-10H2;1-2H,(H,5,6)(H,7,8)/b;2-1+. The van der Waals surface area contributed by atoms with E-state index in [-0.39, 0.29) is 0 Å². The smallest absolute Gasteiger partial charge is 0.328 e. The summed E-state index contributed by atoms with van der Waals surface area (Å²) >= 11 is 0. The van der Waals surface area contributed by atoms with Gasteiger partial charge in [-0.2, -0.15) is 4.31 Å². The maximum atomic E-state index is 12.8. The number of benzene rings is 1. The Morgan fingerprint density at radius 2 is 1.79 bits per heavy atom. The zero-order valence-electron chi connectivity index (χ0n) is 15.0. The average molecular weight is 407 g/mol. The van der Waals surface area contributed by atoms with E-state index in [0.29, 0.717) is 36.7 Å². The number of pyridine rings is 1. The predicted octanol–water partition coefficient (Wildman–Crippen LogP) is 0.931. The van der Waals surface area contributed by atoms with Gasteiger partial charge in [0, 0.05) is 55.0 Å². The van der Waals surface area contributed by atoms with Gasteiger partial charge in [0.25, 0.3) is 0 Å². The molecular weight excluding hydrogens is 386 g/mol. The third kappa shape index (κ3) is 5.84. The molecule has 1 fully saturated rings. The number of rotatable bonds is 4. The number of fused-ring (bicyclic) bond motifs is 1. The summed E-state index contributed by atoms with van der Waals surface area (Å²) in [4.78, 5) is 23.5. The van der Waals surface area contributed by atoms with Crippen LogP contribution >= 0.6 is 0 Å². The lowest BCUT2D eigenvalue weighted by atomic mass is 10.2. The number of aliphatic carboxylic acids is 2. The first-order valence-electron chi connectivity index (χ1n) is 8.50. The van der Waals surface area contributed by atoms with Crippen molar-refractivity contribution in [1.82, 2.24) is 14.6 Å². The Labute approximate surface area is 162 Å². The van der Waals surface area contributed by atoms with Crippen molar-refractivity contribution in [2.24, 2.45) is 0 Å². The van der Waals surface area contributed by atoms with Gasteiger partial charge in [-0.25, -0.2) is 18.0 Å². The summed E-state index contributed by atoms with van der Waals surface area (Å²) in [7, 11) is -3.45. The number of carbonyl (C=O) groups is 2. The van der Waals surface area contributed by atoms with Gasteiger partial charge in [0.2, 0.25) is 10.0 Å². The second-order valence-corrected chi connectivity index (χ2v) is 7.78. The van der Waals surface area contributed by atoms with Crippen LogP contribution in [0, 0.1) is 0 Å². The van der Waals surface area contributed by atoms with Gasteiger partial charge in [-0.3, -0.25) is 4.98 Å². The Bertz CT molecular complexity index is 945. The van der Waals surface area contributed by atoms with E-state index in [1.165, 1.54) is 0 Å². The summed E-state index contributed by atoms with van der Waals surface area (Å²) < 4.78 is 27.2. The molecule has 1 aliphatic heterocycles. The highest BCUT2D eigenvalue weighted by Crippen LogP contribution is 2.25.